The van der Waals surface area contributed by atoms with E-state index in [1.54, 1.807) is 0 Å². The van der Waals surface area contributed by atoms with E-state index in [2.05, 4.69) is 4.74 Å². The first kappa shape index (κ1) is 7.51. The lowest BCUT2D eigenvalue weighted by Crippen LogP contribution is -2.20. The van der Waals surface area contributed by atoms with Crippen molar-refractivity contribution in [3.8, 4) is 0 Å². The highest BCUT2D eigenvalue weighted by molar-refractivity contribution is 5.73. The van der Waals surface area contributed by atoms with Crippen LogP contribution in [-0.2, 0) is 9.53 Å². The number of alkyl halides is 1. The highest BCUT2D eigenvalue weighted by atomic mass is 19.1. The smallest absolute Gasteiger partial charge is 0.311 e. The van der Waals surface area contributed by atoms with Gasteiger partial charge in [-0.1, -0.05) is 0 Å². The van der Waals surface area contributed by atoms with Gasteiger partial charge in [-0.05, 0) is 19.3 Å². The summed E-state index contributed by atoms with van der Waals surface area (Å²) in [7, 11) is 1.30. The monoisotopic (exact) mass is 146 g/mol. The summed E-state index contributed by atoms with van der Waals surface area (Å²) in [6, 6.07) is 0. The van der Waals surface area contributed by atoms with Gasteiger partial charge < -0.3 is 4.74 Å². The van der Waals surface area contributed by atoms with Crippen LogP contribution >= 0.6 is 0 Å². The van der Waals surface area contributed by atoms with Crippen molar-refractivity contribution >= 4 is 5.97 Å². The van der Waals surface area contributed by atoms with Crippen LogP contribution < -0.4 is 0 Å². The predicted octanol–water partition coefficient (Wildman–Crippen LogP) is 1.30. The van der Waals surface area contributed by atoms with Gasteiger partial charge in [-0.2, -0.15) is 0 Å². The number of carbonyl (C=O) groups is 1. The van der Waals surface area contributed by atoms with Gasteiger partial charge in [0.1, 0.15) is 6.17 Å². The molecule has 0 amide bonds. The van der Waals surface area contributed by atoms with Gasteiger partial charge >= 0.3 is 5.97 Å². The van der Waals surface area contributed by atoms with E-state index in [9.17, 15) is 9.18 Å². The van der Waals surface area contributed by atoms with Crippen molar-refractivity contribution in [1.82, 2.24) is 0 Å². The largest absolute Gasteiger partial charge is 0.469 e. The Kier molecular flexibility index (Phi) is 2.25. The quantitative estimate of drug-likeness (QED) is 0.521. The van der Waals surface area contributed by atoms with Crippen molar-refractivity contribution < 1.29 is 13.9 Å². The van der Waals surface area contributed by atoms with Gasteiger partial charge in [0.2, 0.25) is 0 Å². The molecule has 1 saturated carbocycles. The number of esters is 1. The number of ether oxygens (including phenoxy) is 1. The number of rotatable bonds is 1. The number of methoxy groups -OCH3 is 1. The lowest BCUT2D eigenvalue weighted by atomic mass is 10.1. The number of carbonyl (C=O) groups excluding carboxylic acids is 1. The third kappa shape index (κ3) is 1.28. The molecule has 0 N–H and O–H groups in total. The molecule has 0 aromatic rings. The Balaban J connectivity index is 2.46. The summed E-state index contributed by atoms with van der Waals surface area (Å²) in [4.78, 5) is 10.8. The van der Waals surface area contributed by atoms with E-state index < -0.39 is 18.1 Å². The summed E-state index contributed by atoms with van der Waals surface area (Å²) >= 11 is 0. The minimum atomic E-state index is -0.965. The molecule has 0 spiro atoms. The Labute approximate surface area is 59.4 Å². The normalized spacial score (nSPS) is 32.2. The molecule has 58 valence electrons. The highest BCUT2D eigenvalue weighted by Crippen LogP contribution is 2.28. The summed E-state index contributed by atoms with van der Waals surface area (Å²) in [6.07, 6.45) is 1.00. The second kappa shape index (κ2) is 2.99. The van der Waals surface area contributed by atoms with Crippen molar-refractivity contribution in [2.75, 3.05) is 7.11 Å². The Morgan fingerprint density at radius 1 is 1.60 bits per heavy atom. The van der Waals surface area contributed by atoms with Crippen LogP contribution in [0, 0.1) is 5.92 Å². The number of halogens is 1. The molecule has 0 unspecified atom stereocenters. The zero-order valence-corrected chi connectivity index (χ0v) is 5.97. The van der Waals surface area contributed by atoms with Gasteiger partial charge in [-0.3, -0.25) is 4.79 Å². The van der Waals surface area contributed by atoms with E-state index in [4.69, 9.17) is 0 Å². The maximum atomic E-state index is 12.7. The molecular formula is C7H11FO2. The molecule has 3 heteroatoms. The number of hydrogen-bond donors (Lipinski definition) is 0. The minimum Gasteiger partial charge on any atom is -0.469 e. The lowest BCUT2D eigenvalue weighted by Gasteiger charge is -2.08. The molecule has 1 rings (SSSR count). The van der Waals surface area contributed by atoms with Gasteiger partial charge in [0.15, 0.2) is 0 Å². The van der Waals surface area contributed by atoms with Crippen molar-refractivity contribution in [2.45, 2.75) is 25.4 Å². The molecule has 0 aliphatic heterocycles. The third-order valence-electron chi connectivity index (χ3n) is 1.94. The molecule has 0 aromatic carbocycles. The zero-order valence-electron chi connectivity index (χ0n) is 5.97. The van der Waals surface area contributed by atoms with Crippen molar-refractivity contribution in [3.05, 3.63) is 0 Å². The summed E-state index contributed by atoms with van der Waals surface area (Å²) in [5.41, 5.74) is 0. The van der Waals surface area contributed by atoms with E-state index >= 15 is 0 Å². The molecule has 0 radical (unpaired) electrons. The van der Waals surface area contributed by atoms with E-state index in [1.165, 1.54) is 7.11 Å². The Hall–Kier alpha value is -0.600. The molecule has 0 aromatic heterocycles. The molecule has 1 aliphatic rings. The summed E-state index contributed by atoms with van der Waals surface area (Å²) in [5, 5.41) is 0. The first-order chi connectivity index (χ1) is 4.75. The van der Waals surface area contributed by atoms with Gasteiger partial charge in [-0.15, -0.1) is 0 Å². The van der Waals surface area contributed by atoms with E-state index in [1.807, 2.05) is 0 Å². The summed E-state index contributed by atoms with van der Waals surface area (Å²) in [6.45, 7) is 0. The SMILES string of the molecule is COC(=O)[C@H]1CCC[C@H]1F. The second-order valence-corrected chi connectivity index (χ2v) is 2.58. The van der Waals surface area contributed by atoms with Crippen molar-refractivity contribution in [3.63, 3.8) is 0 Å². The van der Waals surface area contributed by atoms with E-state index in [0.717, 1.165) is 6.42 Å². The fourth-order valence-corrected chi connectivity index (χ4v) is 1.33. The standard InChI is InChI=1S/C7H11FO2/c1-10-7(9)5-3-2-4-6(5)8/h5-6H,2-4H2,1H3/t5-,6+/m0/s1. The van der Waals surface area contributed by atoms with Crippen LogP contribution in [0.25, 0.3) is 0 Å². The molecule has 2 atom stereocenters. The van der Waals surface area contributed by atoms with Gasteiger partial charge in [-0.25, -0.2) is 4.39 Å². The average molecular weight is 146 g/mol. The maximum Gasteiger partial charge on any atom is 0.311 e. The molecule has 1 aliphatic carbocycles. The fourth-order valence-electron chi connectivity index (χ4n) is 1.33. The van der Waals surface area contributed by atoms with Crippen molar-refractivity contribution in [1.29, 1.82) is 0 Å². The molecule has 0 bridgehead atoms. The Morgan fingerprint density at radius 2 is 2.30 bits per heavy atom. The first-order valence-electron chi connectivity index (χ1n) is 3.47. The van der Waals surface area contributed by atoms with Gasteiger partial charge in [0.05, 0.1) is 13.0 Å². The van der Waals surface area contributed by atoms with E-state index in [0.29, 0.717) is 12.8 Å². The molecule has 0 saturated heterocycles. The third-order valence-corrected chi connectivity index (χ3v) is 1.94. The van der Waals surface area contributed by atoms with E-state index in [-0.39, 0.29) is 0 Å². The Morgan fingerprint density at radius 3 is 2.70 bits per heavy atom. The van der Waals surface area contributed by atoms with Crippen LogP contribution in [0.1, 0.15) is 19.3 Å². The molecule has 10 heavy (non-hydrogen) atoms. The second-order valence-electron chi connectivity index (χ2n) is 2.58. The number of hydrogen-bond acceptors (Lipinski definition) is 2. The van der Waals surface area contributed by atoms with Crippen LogP contribution in [0.2, 0.25) is 0 Å². The van der Waals surface area contributed by atoms with Gasteiger partial charge in [0, 0.05) is 0 Å². The van der Waals surface area contributed by atoms with Crippen LogP contribution in [0.5, 0.6) is 0 Å². The van der Waals surface area contributed by atoms with Crippen LogP contribution in [0.15, 0.2) is 0 Å². The minimum absolute atomic E-state index is 0.398. The predicted molar refractivity (Wildman–Crippen MR) is 34.3 cm³/mol. The maximum absolute atomic E-state index is 12.7. The zero-order chi connectivity index (χ0) is 7.56. The highest BCUT2D eigenvalue weighted by Gasteiger charge is 2.33. The summed E-state index contributed by atoms with van der Waals surface area (Å²) < 4.78 is 17.2. The van der Waals surface area contributed by atoms with Crippen LogP contribution in [0.3, 0.4) is 0 Å². The topological polar surface area (TPSA) is 26.3 Å². The average Bonchev–Trinajstić information content (AvgIpc) is 2.34. The molecule has 2 nitrogen and oxygen atoms in total. The fraction of sp³-hybridized carbons (Fsp3) is 0.857. The van der Waals surface area contributed by atoms with Crippen LogP contribution in [-0.4, -0.2) is 19.3 Å². The lowest BCUT2D eigenvalue weighted by molar-refractivity contribution is -0.146. The van der Waals surface area contributed by atoms with Crippen LogP contribution in [0.4, 0.5) is 4.39 Å². The summed E-state index contributed by atoms with van der Waals surface area (Å²) in [5.74, 6) is -0.880. The van der Waals surface area contributed by atoms with Crippen molar-refractivity contribution in [2.24, 2.45) is 5.92 Å². The molecular weight excluding hydrogens is 135 g/mol. The molecule has 1 fully saturated rings. The Bertz CT molecular complexity index is 136. The first-order valence-corrected chi connectivity index (χ1v) is 3.47. The van der Waals surface area contributed by atoms with Gasteiger partial charge in [0.25, 0.3) is 0 Å². The molecule has 0 heterocycles.